The van der Waals surface area contributed by atoms with Crippen LogP contribution < -0.4 is 9.47 Å². The van der Waals surface area contributed by atoms with Gasteiger partial charge in [-0.3, -0.25) is 4.79 Å². The molecule has 3 heterocycles. The summed E-state index contributed by atoms with van der Waals surface area (Å²) in [6, 6.07) is 9.54. The van der Waals surface area contributed by atoms with Crippen molar-refractivity contribution >= 4 is 46.1 Å². The topological polar surface area (TPSA) is 76.9 Å². The van der Waals surface area contributed by atoms with Gasteiger partial charge in [0.15, 0.2) is 15.8 Å². The Morgan fingerprint density at radius 3 is 2.79 bits per heavy atom. The summed E-state index contributed by atoms with van der Waals surface area (Å²) < 4.78 is 11.6. The van der Waals surface area contributed by atoms with Crippen LogP contribution in [0.4, 0.5) is 0 Å². The van der Waals surface area contributed by atoms with Gasteiger partial charge < -0.3 is 9.47 Å². The molecule has 0 bridgehead atoms. The zero-order chi connectivity index (χ0) is 20.2. The predicted molar refractivity (Wildman–Crippen MR) is 115 cm³/mol. The molecule has 150 valence electrons. The Hall–Kier alpha value is -2.43. The van der Waals surface area contributed by atoms with Gasteiger partial charge in [0.25, 0.3) is 5.91 Å². The molecule has 1 aromatic carbocycles. The predicted octanol–water partition coefficient (Wildman–Crippen LogP) is 4.09. The van der Waals surface area contributed by atoms with Gasteiger partial charge in [-0.1, -0.05) is 35.2 Å². The fourth-order valence-electron chi connectivity index (χ4n) is 3.07. The summed E-state index contributed by atoms with van der Waals surface area (Å²) in [5, 5.41) is 16.1. The van der Waals surface area contributed by atoms with Gasteiger partial charge >= 0.3 is 0 Å². The summed E-state index contributed by atoms with van der Waals surface area (Å²) in [7, 11) is 3.21. The van der Waals surface area contributed by atoms with Gasteiger partial charge in [0.1, 0.15) is 5.51 Å². The average Bonchev–Trinajstić information content (AvgIpc) is 3.52. The first-order chi connectivity index (χ1) is 14.2. The highest BCUT2D eigenvalue weighted by Crippen LogP contribution is 2.38. The van der Waals surface area contributed by atoms with Crippen LogP contribution in [0.2, 0.25) is 0 Å². The van der Waals surface area contributed by atoms with Crippen molar-refractivity contribution in [2.45, 2.75) is 16.8 Å². The Balaban J connectivity index is 1.61. The first kappa shape index (κ1) is 19.9. The number of nitrogens with zero attached hydrogens (tertiary/aromatic N) is 4. The highest BCUT2D eigenvalue weighted by molar-refractivity contribution is 8.01. The van der Waals surface area contributed by atoms with E-state index in [0.717, 1.165) is 20.5 Å². The number of hydrogen-bond acceptors (Lipinski definition) is 9. The number of rotatable bonds is 7. The van der Waals surface area contributed by atoms with E-state index in [4.69, 9.17) is 9.47 Å². The number of methoxy groups -OCH3 is 2. The molecule has 2 aromatic heterocycles. The number of ether oxygens (including phenoxy) is 2. The molecule has 0 radical (unpaired) electrons. The third-order valence-electron chi connectivity index (χ3n) is 4.42. The highest BCUT2D eigenvalue weighted by Gasteiger charge is 2.34. The summed E-state index contributed by atoms with van der Waals surface area (Å²) >= 11 is 4.41. The van der Waals surface area contributed by atoms with E-state index in [2.05, 4.69) is 15.3 Å². The van der Waals surface area contributed by atoms with E-state index in [1.54, 1.807) is 36.1 Å². The molecule has 4 rings (SSSR count). The Morgan fingerprint density at radius 1 is 1.24 bits per heavy atom. The molecular formula is C19H18N4O3S3. The normalized spacial score (nSPS) is 16.0. The molecule has 0 aliphatic carbocycles. The molecule has 1 amide bonds. The maximum atomic E-state index is 13.0. The van der Waals surface area contributed by atoms with Gasteiger partial charge in [-0.15, -0.1) is 21.5 Å². The van der Waals surface area contributed by atoms with Crippen LogP contribution in [0.1, 0.15) is 22.9 Å². The van der Waals surface area contributed by atoms with E-state index >= 15 is 0 Å². The van der Waals surface area contributed by atoms with Crippen molar-refractivity contribution < 1.29 is 14.3 Å². The number of thioether (sulfide) groups is 1. The van der Waals surface area contributed by atoms with Gasteiger partial charge in [-0.25, -0.2) is 5.01 Å². The number of amides is 1. The van der Waals surface area contributed by atoms with Gasteiger partial charge in [0.2, 0.25) is 0 Å². The number of hydrazone groups is 1. The third kappa shape index (κ3) is 4.29. The Labute approximate surface area is 180 Å². The average molecular weight is 447 g/mol. The van der Waals surface area contributed by atoms with Crippen molar-refractivity contribution in [1.29, 1.82) is 0 Å². The number of thiophene rings is 1. The lowest BCUT2D eigenvalue weighted by Crippen LogP contribution is -2.28. The van der Waals surface area contributed by atoms with Crippen LogP contribution in [0.3, 0.4) is 0 Å². The SMILES string of the molecule is COc1ccc([C@@H]2CC(c3cccs3)=NN2C(=O)CSc2nncs2)cc1OC. The van der Waals surface area contributed by atoms with E-state index in [1.165, 1.54) is 23.1 Å². The quantitative estimate of drug-likeness (QED) is 0.509. The molecule has 1 atom stereocenters. The number of carbonyl (C=O) groups is 1. The van der Waals surface area contributed by atoms with Crippen LogP contribution in [0.15, 0.2) is 50.7 Å². The molecule has 0 unspecified atom stereocenters. The van der Waals surface area contributed by atoms with E-state index in [0.29, 0.717) is 17.9 Å². The maximum absolute atomic E-state index is 13.0. The number of carbonyl (C=O) groups excluding carboxylic acids is 1. The minimum Gasteiger partial charge on any atom is -0.493 e. The van der Waals surface area contributed by atoms with Crippen LogP contribution in [-0.4, -0.2) is 46.8 Å². The largest absolute Gasteiger partial charge is 0.493 e. The Kier molecular flexibility index (Phi) is 6.12. The smallest absolute Gasteiger partial charge is 0.253 e. The van der Waals surface area contributed by atoms with Crippen molar-refractivity contribution in [3.63, 3.8) is 0 Å². The van der Waals surface area contributed by atoms with Gasteiger partial charge in [-0.05, 0) is 29.1 Å². The van der Waals surface area contributed by atoms with E-state index in [-0.39, 0.29) is 17.7 Å². The second kappa shape index (κ2) is 8.93. The van der Waals surface area contributed by atoms with Crippen LogP contribution in [0, 0.1) is 0 Å². The lowest BCUT2D eigenvalue weighted by Gasteiger charge is -2.22. The first-order valence-corrected chi connectivity index (χ1v) is 11.5. The van der Waals surface area contributed by atoms with Gasteiger partial charge in [-0.2, -0.15) is 5.10 Å². The number of hydrogen-bond donors (Lipinski definition) is 0. The fourth-order valence-corrected chi connectivity index (χ4v) is 5.13. The summed E-state index contributed by atoms with van der Waals surface area (Å²) in [6.45, 7) is 0. The minimum absolute atomic E-state index is 0.0726. The maximum Gasteiger partial charge on any atom is 0.253 e. The summed E-state index contributed by atoms with van der Waals surface area (Å²) in [6.07, 6.45) is 0.644. The molecule has 3 aromatic rings. The third-order valence-corrected chi connectivity index (χ3v) is 7.19. The molecule has 1 aliphatic heterocycles. The molecule has 0 fully saturated rings. The monoisotopic (exact) mass is 446 g/mol. The van der Waals surface area contributed by atoms with Crippen LogP contribution in [-0.2, 0) is 4.79 Å². The first-order valence-electron chi connectivity index (χ1n) is 8.74. The molecule has 0 saturated carbocycles. The summed E-state index contributed by atoms with van der Waals surface area (Å²) in [5.41, 5.74) is 3.52. The standard InChI is InChI=1S/C19H18N4O3S3/c1-25-15-6-5-12(8-16(15)26-2)14-9-13(17-4-3-7-27-17)22-23(14)18(24)10-28-19-21-20-11-29-19/h3-8,11,14H,9-10H2,1-2H3/t14-/m0/s1. The summed E-state index contributed by atoms with van der Waals surface area (Å²) in [4.78, 5) is 14.1. The van der Waals surface area contributed by atoms with Crippen LogP contribution >= 0.6 is 34.4 Å². The molecule has 0 saturated heterocycles. The lowest BCUT2D eigenvalue weighted by molar-refractivity contribution is -0.130. The van der Waals surface area contributed by atoms with E-state index in [1.807, 2.05) is 35.7 Å². The zero-order valence-electron chi connectivity index (χ0n) is 15.8. The molecule has 1 aliphatic rings. The van der Waals surface area contributed by atoms with E-state index in [9.17, 15) is 4.79 Å². The molecule has 7 nitrogen and oxygen atoms in total. The molecular weight excluding hydrogens is 428 g/mol. The summed E-state index contributed by atoms with van der Waals surface area (Å²) in [5.74, 6) is 1.46. The van der Waals surface area contributed by atoms with Crippen molar-refractivity contribution in [2.24, 2.45) is 5.10 Å². The van der Waals surface area contributed by atoms with Gasteiger partial charge in [0.05, 0.1) is 36.6 Å². The molecule has 10 heteroatoms. The molecule has 0 N–H and O–H groups in total. The number of benzene rings is 1. The number of aromatic nitrogens is 2. The highest BCUT2D eigenvalue weighted by atomic mass is 32.2. The second-order valence-corrected chi connectivity index (χ2v) is 9.09. The van der Waals surface area contributed by atoms with Gasteiger partial charge in [0, 0.05) is 6.42 Å². The second-order valence-electron chi connectivity index (χ2n) is 6.09. The molecule has 0 spiro atoms. The van der Waals surface area contributed by atoms with Crippen molar-refractivity contribution in [1.82, 2.24) is 15.2 Å². The van der Waals surface area contributed by atoms with Crippen LogP contribution in [0.5, 0.6) is 11.5 Å². The minimum atomic E-state index is -0.200. The Bertz CT molecular complexity index is 1010. The van der Waals surface area contributed by atoms with Crippen molar-refractivity contribution in [2.75, 3.05) is 20.0 Å². The van der Waals surface area contributed by atoms with Crippen molar-refractivity contribution in [3.05, 3.63) is 51.7 Å². The fraction of sp³-hybridized carbons (Fsp3) is 0.263. The molecule has 29 heavy (non-hydrogen) atoms. The Morgan fingerprint density at radius 2 is 2.10 bits per heavy atom. The van der Waals surface area contributed by atoms with Crippen LogP contribution in [0.25, 0.3) is 0 Å². The lowest BCUT2D eigenvalue weighted by atomic mass is 10.0. The van der Waals surface area contributed by atoms with Crippen molar-refractivity contribution in [3.8, 4) is 11.5 Å². The zero-order valence-corrected chi connectivity index (χ0v) is 18.2. The van der Waals surface area contributed by atoms with E-state index < -0.39 is 0 Å².